The molecule has 0 radical (unpaired) electrons. The van der Waals surface area contributed by atoms with Gasteiger partial charge in [-0.05, 0) is 75.1 Å². The summed E-state index contributed by atoms with van der Waals surface area (Å²) in [7, 11) is 0. The van der Waals surface area contributed by atoms with E-state index < -0.39 is 5.97 Å². The van der Waals surface area contributed by atoms with E-state index in [9.17, 15) is 14.4 Å². The second kappa shape index (κ2) is 9.18. The van der Waals surface area contributed by atoms with Crippen molar-refractivity contribution in [3.8, 4) is 11.8 Å². The lowest BCUT2D eigenvalue weighted by atomic mass is 10.0. The van der Waals surface area contributed by atoms with Gasteiger partial charge in [-0.2, -0.15) is 5.26 Å². The summed E-state index contributed by atoms with van der Waals surface area (Å²) >= 11 is 3.45. The van der Waals surface area contributed by atoms with Crippen molar-refractivity contribution < 1.29 is 19.0 Å². The van der Waals surface area contributed by atoms with E-state index >= 15 is 0 Å². The van der Waals surface area contributed by atoms with Gasteiger partial charge in [-0.3, -0.25) is 0 Å². The second-order valence-corrected chi connectivity index (χ2v) is 7.02. The molecule has 0 saturated heterocycles. The molecule has 144 valence electrons. The van der Waals surface area contributed by atoms with Crippen molar-refractivity contribution in [3.05, 3.63) is 99.3 Å². The third kappa shape index (κ3) is 5.31. The number of ether oxygens (including phenoxy) is 1. The van der Waals surface area contributed by atoms with Gasteiger partial charge < -0.3 is 9.84 Å². The maximum atomic E-state index is 13.3. The number of hydrogen-bond acceptors (Lipinski definition) is 3. The summed E-state index contributed by atoms with van der Waals surface area (Å²) in [6.45, 7) is 0.227. The fourth-order valence-electron chi connectivity index (χ4n) is 2.65. The van der Waals surface area contributed by atoms with Gasteiger partial charge in [0.25, 0.3) is 0 Å². The minimum absolute atomic E-state index is 0.161. The Morgan fingerprint density at radius 3 is 2.45 bits per heavy atom. The molecule has 0 saturated carbocycles. The van der Waals surface area contributed by atoms with Crippen molar-refractivity contribution in [2.24, 2.45) is 0 Å². The van der Waals surface area contributed by atoms with E-state index in [1.165, 1.54) is 24.3 Å². The molecule has 0 atom stereocenters. The normalized spacial score (nSPS) is 11.0. The first kappa shape index (κ1) is 20.3. The summed E-state index contributed by atoms with van der Waals surface area (Å²) in [5.74, 6) is -0.737. The van der Waals surface area contributed by atoms with Crippen LogP contribution in [0.4, 0.5) is 4.39 Å². The van der Waals surface area contributed by atoms with E-state index in [1.54, 1.807) is 42.5 Å². The SMILES string of the molecule is N#C/C(=C/c1ccc(OCc2cccc(F)c2)c(Br)c1)c1ccc(C(=O)O)cc1. The molecule has 0 aliphatic rings. The Morgan fingerprint density at radius 1 is 1.10 bits per heavy atom. The van der Waals surface area contributed by atoms with E-state index in [1.807, 2.05) is 6.07 Å². The number of halogens is 2. The molecule has 0 unspecified atom stereocenters. The van der Waals surface area contributed by atoms with Gasteiger partial charge in [0.05, 0.1) is 21.7 Å². The first-order chi connectivity index (χ1) is 14.0. The van der Waals surface area contributed by atoms with E-state index in [2.05, 4.69) is 22.0 Å². The summed E-state index contributed by atoms with van der Waals surface area (Å²) < 4.78 is 19.7. The summed E-state index contributed by atoms with van der Waals surface area (Å²) in [5.41, 5.74) is 2.68. The molecule has 3 rings (SSSR count). The van der Waals surface area contributed by atoms with Crippen LogP contribution in [0.25, 0.3) is 11.6 Å². The Kier molecular flexibility index (Phi) is 6.43. The molecule has 4 nitrogen and oxygen atoms in total. The van der Waals surface area contributed by atoms with Gasteiger partial charge in [0.2, 0.25) is 0 Å². The molecule has 0 spiro atoms. The van der Waals surface area contributed by atoms with Gasteiger partial charge in [0.1, 0.15) is 18.2 Å². The van der Waals surface area contributed by atoms with Crippen molar-refractivity contribution >= 4 is 33.5 Å². The van der Waals surface area contributed by atoms with Crippen LogP contribution in [0.5, 0.6) is 5.75 Å². The summed E-state index contributed by atoms with van der Waals surface area (Å²) in [5, 5.41) is 18.5. The number of allylic oxidation sites excluding steroid dienone is 1. The largest absolute Gasteiger partial charge is 0.488 e. The number of rotatable bonds is 6. The topological polar surface area (TPSA) is 70.3 Å². The zero-order valence-corrected chi connectivity index (χ0v) is 16.7. The van der Waals surface area contributed by atoms with Crippen LogP contribution in [0.15, 0.2) is 71.2 Å². The van der Waals surface area contributed by atoms with Gasteiger partial charge >= 0.3 is 5.97 Å². The molecule has 1 N–H and O–H groups in total. The van der Waals surface area contributed by atoms with Gasteiger partial charge in [-0.15, -0.1) is 0 Å². The highest BCUT2D eigenvalue weighted by atomic mass is 79.9. The molecular formula is C23H15BrFNO3. The van der Waals surface area contributed by atoms with Crippen molar-refractivity contribution in [2.45, 2.75) is 6.61 Å². The number of benzene rings is 3. The van der Waals surface area contributed by atoms with Crippen LogP contribution in [0, 0.1) is 17.1 Å². The molecule has 3 aromatic carbocycles. The van der Waals surface area contributed by atoms with Crippen molar-refractivity contribution in [1.82, 2.24) is 0 Å². The first-order valence-electron chi connectivity index (χ1n) is 8.58. The number of nitrogens with zero attached hydrogens (tertiary/aromatic N) is 1. The van der Waals surface area contributed by atoms with Crippen LogP contribution in [0.2, 0.25) is 0 Å². The van der Waals surface area contributed by atoms with Crippen LogP contribution in [0.3, 0.4) is 0 Å². The molecule has 29 heavy (non-hydrogen) atoms. The van der Waals surface area contributed by atoms with Crippen LogP contribution < -0.4 is 4.74 Å². The molecule has 0 aliphatic carbocycles. The van der Waals surface area contributed by atoms with Gasteiger partial charge in [0.15, 0.2) is 0 Å². The van der Waals surface area contributed by atoms with Crippen LogP contribution >= 0.6 is 15.9 Å². The third-order valence-corrected chi connectivity index (χ3v) is 4.73. The molecule has 0 amide bonds. The third-order valence-electron chi connectivity index (χ3n) is 4.11. The summed E-state index contributed by atoms with van der Waals surface area (Å²) in [6.07, 6.45) is 1.71. The zero-order chi connectivity index (χ0) is 20.8. The Bertz CT molecular complexity index is 1120. The summed E-state index contributed by atoms with van der Waals surface area (Å²) in [6, 6.07) is 19.8. The van der Waals surface area contributed by atoms with Crippen molar-refractivity contribution in [1.29, 1.82) is 5.26 Å². The van der Waals surface area contributed by atoms with E-state index in [-0.39, 0.29) is 18.0 Å². The highest BCUT2D eigenvalue weighted by Gasteiger charge is 2.07. The first-order valence-corrected chi connectivity index (χ1v) is 9.38. The summed E-state index contributed by atoms with van der Waals surface area (Å²) in [4.78, 5) is 11.0. The minimum Gasteiger partial charge on any atom is -0.488 e. The number of hydrogen-bond donors (Lipinski definition) is 1. The van der Waals surface area contributed by atoms with Crippen molar-refractivity contribution in [3.63, 3.8) is 0 Å². The number of nitriles is 1. The fraction of sp³-hybridized carbons (Fsp3) is 0.0435. The van der Waals surface area contributed by atoms with Crippen LogP contribution in [-0.4, -0.2) is 11.1 Å². The Morgan fingerprint density at radius 2 is 1.83 bits per heavy atom. The standard InChI is InChI=1S/C23H15BrFNO3/c24-21-12-15(4-9-22(21)29-14-16-2-1-3-20(25)11-16)10-19(13-26)17-5-7-18(8-6-17)23(27)28/h1-12H,14H2,(H,27,28)/b19-10-. The molecule has 3 aromatic rings. The lowest BCUT2D eigenvalue weighted by molar-refractivity contribution is 0.0697. The van der Waals surface area contributed by atoms with Crippen LogP contribution in [-0.2, 0) is 6.61 Å². The van der Waals surface area contributed by atoms with Gasteiger partial charge in [-0.1, -0.05) is 30.3 Å². The van der Waals surface area contributed by atoms with E-state index in [0.717, 1.165) is 11.1 Å². The molecule has 0 fully saturated rings. The van der Waals surface area contributed by atoms with Gasteiger partial charge in [-0.25, -0.2) is 9.18 Å². The van der Waals surface area contributed by atoms with Crippen LogP contribution in [0.1, 0.15) is 27.0 Å². The minimum atomic E-state index is -1.02. The second-order valence-electron chi connectivity index (χ2n) is 6.16. The molecule has 0 heterocycles. The highest BCUT2D eigenvalue weighted by Crippen LogP contribution is 2.29. The van der Waals surface area contributed by atoms with Gasteiger partial charge in [0, 0.05) is 0 Å². The predicted octanol–water partition coefficient (Wildman–Crippen LogP) is 5.93. The number of aromatic carboxylic acids is 1. The molecular weight excluding hydrogens is 437 g/mol. The highest BCUT2D eigenvalue weighted by molar-refractivity contribution is 9.10. The zero-order valence-electron chi connectivity index (χ0n) is 15.1. The maximum absolute atomic E-state index is 13.3. The average Bonchev–Trinajstić information content (AvgIpc) is 2.71. The monoisotopic (exact) mass is 451 g/mol. The molecule has 0 aromatic heterocycles. The number of carboxylic acids is 1. The Balaban J connectivity index is 1.77. The lowest BCUT2D eigenvalue weighted by Gasteiger charge is -2.09. The average molecular weight is 452 g/mol. The quantitative estimate of drug-likeness (QED) is 0.372. The molecule has 6 heteroatoms. The number of carbonyl (C=O) groups is 1. The van der Waals surface area contributed by atoms with E-state index in [0.29, 0.717) is 21.4 Å². The fourth-order valence-corrected chi connectivity index (χ4v) is 3.16. The predicted molar refractivity (Wildman–Crippen MR) is 112 cm³/mol. The maximum Gasteiger partial charge on any atom is 0.335 e. The number of carboxylic acid groups (broad SMARTS) is 1. The van der Waals surface area contributed by atoms with Crippen molar-refractivity contribution in [2.75, 3.05) is 0 Å². The lowest BCUT2D eigenvalue weighted by Crippen LogP contribution is -1.97. The smallest absolute Gasteiger partial charge is 0.335 e. The molecule has 0 bridgehead atoms. The Hall–Kier alpha value is -3.43. The van der Waals surface area contributed by atoms with E-state index in [4.69, 9.17) is 9.84 Å². The molecule has 0 aliphatic heterocycles. The Labute approximate surface area is 175 Å².